The van der Waals surface area contributed by atoms with Gasteiger partial charge >= 0.3 is 6.18 Å². The van der Waals surface area contributed by atoms with Gasteiger partial charge in [-0.05, 0) is 30.7 Å². The van der Waals surface area contributed by atoms with Gasteiger partial charge in [0.2, 0.25) is 10.0 Å². The van der Waals surface area contributed by atoms with Crippen LogP contribution in [0.25, 0.3) is 0 Å². The van der Waals surface area contributed by atoms with Crippen molar-refractivity contribution in [3.8, 4) is 0 Å². The van der Waals surface area contributed by atoms with Crippen LogP contribution < -0.4 is 5.73 Å². The van der Waals surface area contributed by atoms with Crippen molar-refractivity contribution in [2.24, 2.45) is 17.6 Å². The number of nitrogens with zero attached hydrogens (tertiary/aromatic N) is 2. The molecular formula is C14H17ClF3N3O4S. The van der Waals surface area contributed by atoms with Crippen molar-refractivity contribution in [2.75, 3.05) is 13.1 Å². The molecule has 0 bridgehead atoms. The Balaban J connectivity index is 0.00000243. The number of non-ortho nitro benzene ring substituents is 1. The van der Waals surface area contributed by atoms with E-state index in [9.17, 15) is 31.7 Å². The molecule has 0 radical (unpaired) electrons. The smallest absolute Gasteiger partial charge is 0.327 e. The van der Waals surface area contributed by atoms with Crippen molar-refractivity contribution in [1.82, 2.24) is 4.31 Å². The molecule has 0 aromatic heterocycles. The van der Waals surface area contributed by atoms with Gasteiger partial charge in [0, 0.05) is 31.3 Å². The van der Waals surface area contributed by atoms with Crippen LogP contribution in [-0.4, -0.2) is 36.8 Å². The van der Waals surface area contributed by atoms with Crippen LogP contribution in [0, 0.1) is 22.0 Å². The van der Waals surface area contributed by atoms with Crippen LogP contribution in [0.3, 0.4) is 0 Å². The molecule has 1 aromatic carbocycles. The minimum absolute atomic E-state index is 0. The van der Waals surface area contributed by atoms with E-state index in [0.717, 1.165) is 23.2 Å². The fourth-order valence-corrected chi connectivity index (χ4v) is 5.41. The number of fused-ring (bicyclic) bond motifs is 1. The average Bonchev–Trinajstić information content (AvgIpc) is 3.09. The number of nitrogens with two attached hydrogens (primary N) is 1. The number of alkyl halides is 3. The Kier molecular flexibility index (Phi) is 5.58. The number of rotatable bonds is 3. The van der Waals surface area contributed by atoms with Crippen LogP contribution in [0.1, 0.15) is 18.4 Å². The van der Waals surface area contributed by atoms with Gasteiger partial charge in [0.25, 0.3) is 5.69 Å². The highest BCUT2D eigenvalue weighted by atomic mass is 35.5. The molecule has 1 saturated carbocycles. The molecule has 2 aliphatic rings. The van der Waals surface area contributed by atoms with Crippen LogP contribution in [0.5, 0.6) is 0 Å². The van der Waals surface area contributed by atoms with Crippen molar-refractivity contribution < 1.29 is 26.5 Å². The number of hydrogen-bond donors (Lipinski definition) is 1. The summed E-state index contributed by atoms with van der Waals surface area (Å²) in [4.78, 5) is 8.78. The summed E-state index contributed by atoms with van der Waals surface area (Å²) in [5.74, 6) is -0.0284. The SMILES string of the molecule is Cl.NC1CCC2CN(S(=O)(=O)c3ccc([N+](=O)[O-])cc3C(F)(F)F)CC12. The van der Waals surface area contributed by atoms with Crippen LogP contribution in [0.2, 0.25) is 0 Å². The van der Waals surface area contributed by atoms with E-state index in [4.69, 9.17) is 5.73 Å². The molecule has 0 spiro atoms. The molecule has 0 amide bonds. The van der Waals surface area contributed by atoms with E-state index >= 15 is 0 Å². The molecular weight excluding hydrogens is 399 g/mol. The first-order valence-electron chi connectivity index (χ1n) is 7.63. The minimum Gasteiger partial charge on any atom is -0.327 e. The summed E-state index contributed by atoms with van der Waals surface area (Å²) in [5, 5.41) is 10.7. The summed E-state index contributed by atoms with van der Waals surface area (Å²) < 4.78 is 66.3. The average molecular weight is 416 g/mol. The van der Waals surface area contributed by atoms with E-state index in [1.807, 2.05) is 0 Å². The van der Waals surface area contributed by atoms with E-state index in [1.54, 1.807) is 0 Å². The fraction of sp³-hybridized carbons (Fsp3) is 0.571. The number of benzene rings is 1. The third kappa shape index (κ3) is 3.53. The van der Waals surface area contributed by atoms with Gasteiger partial charge in [-0.15, -0.1) is 12.4 Å². The number of nitro groups is 1. The minimum atomic E-state index is -5.03. The largest absolute Gasteiger partial charge is 0.417 e. The molecule has 1 aliphatic carbocycles. The normalized spacial score (nSPS) is 26.4. The van der Waals surface area contributed by atoms with E-state index in [2.05, 4.69) is 0 Å². The molecule has 12 heteroatoms. The second kappa shape index (κ2) is 6.95. The molecule has 2 fully saturated rings. The highest BCUT2D eigenvalue weighted by Crippen LogP contribution is 2.42. The quantitative estimate of drug-likeness (QED) is 0.602. The summed E-state index contributed by atoms with van der Waals surface area (Å²) in [6, 6.07) is 1.52. The molecule has 146 valence electrons. The summed E-state index contributed by atoms with van der Waals surface area (Å²) >= 11 is 0. The maximum atomic E-state index is 13.3. The summed E-state index contributed by atoms with van der Waals surface area (Å²) in [6.45, 7) is 0.192. The van der Waals surface area contributed by atoms with Crippen LogP contribution >= 0.6 is 12.4 Å². The molecule has 3 rings (SSSR count). The zero-order valence-electron chi connectivity index (χ0n) is 13.3. The zero-order chi connectivity index (χ0) is 18.6. The Morgan fingerprint density at radius 2 is 1.88 bits per heavy atom. The maximum absolute atomic E-state index is 13.3. The molecule has 1 saturated heterocycles. The highest BCUT2D eigenvalue weighted by Gasteiger charge is 2.47. The maximum Gasteiger partial charge on any atom is 0.417 e. The monoisotopic (exact) mass is 415 g/mol. The van der Waals surface area contributed by atoms with Crippen molar-refractivity contribution in [1.29, 1.82) is 0 Å². The first-order valence-corrected chi connectivity index (χ1v) is 9.07. The fourth-order valence-electron chi connectivity index (χ4n) is 3.68. The first kappa shape index (κ1) is 20.9. The van der Waals surface area contributed by atoms with E-state index in [1.165, 1.54) is 0 Å². The Labute approximate surface area is 154 Å². The second-order valence-electron chi connectivity index (χ2n) is 6.42. The lowest BCUT2D eigenvalue weighted by molar-refractivity contribution is -0.385. The summed E-state index contributed by atoms with van der Waals surface area (Å²) in [6.07, 6.45) is -3.51. The topological polar surface area (TPSA) is 107 Å². The molecule has 1 heterocycles. The van der Waals surface area contributed by atoms with Gasteiger partial charge < -0.3 is 5.73 Å². The highest BCUT2D eigenvalue weighted by molar-refractivity contribution is 7.89. The lowest BCUT2D eigenvalue weighted by Crippen LogP contribution is -2.34. The van der Waals surface area contributed by atoms with Crippen molar-refractivity contribution >= 4 is 28.1 Å². The molecule has 3 unspecified atom stereocenters. The number of nitro benzene ring substituents is 1. The third-order valence-corrected chi connectivity index (χ3v) is 6.87. The Morgan fingerprint density at radius 1 is 1.23 bits per heavy atom. The number of sulfonamides is 1. The molecule has 1 aliphatic heterocycles. The zero-order valence-corrected chi connectivity index (χ0v) is 15.0. The molecule has 2 N–H and O–H groups in total. The molecule has 7 nitrogen and oxygen atoms in total. The van der Waals surface area contributed by atoms with E-state index < -0.39 is 37.3 Å². The standard InChI is InChI=1S/C14H16F3N3O4S.ClH/c15-14(16,17)11-5-9(20(21)22)2-4-13(11)25(23,24)19-6-8-1-3-12(18)10(8)7-19;/h2,4-5,8,10,12H,1,3,6-7,18H2;1H. The van der Waals surface area contributed by atoms with Crippen molar-refractivity contribution in [3.05, 3.63) is 33.9 Å². The van der Waals surface area contributed by atoms with Gasteiger partial charge in [0.15, 0.2) is 0 Å². The second-order valence-corrected chi connectivity index (χ2v) is 8.33. The Morgan fingerprint density at radius 3 is 2.42 bits per heavy atom. The predicted octanol–water partition coefficient (Wildman–Crippen LogP) is 2.39. The van der Waals surface area contributed by atoms with Gasteiger partial charge in [-0.1, -0.05) is 0 Å². The molecule has 3 atom stereocenters. The Hall–Kier alpha value is -1.43. The molecule has 26 heavy (non-hydrogen) atoms. The van der Waals surface area contributed by atoms with E-state index in [-0.39, 0.29) is 49.4 Å². The van der Waals surface area contributed by atoms with Crippen molar-refractivity contribution in [2.45, 2.75) is 30.0 Å². The number of halogens is 4. The number of hydrogen-bond acceptors (Lipinski definition) is 5. The third-order valence-electron chi connectivity index (χ3n) is 4.98. The predicted molar refractivity (Wildman–Crippen MR) is 88.3 cm³/mol. The van der Waals surface area contributed by atoms with Crippen molar-refractivity contribution in [3.63, 3.8) is 0 Å². The van der Waals surface area contributed by atoms with Crippen LogP contribution in [-0.2, 0) is 16.2 Å². The van der Waals surface area contributed by atoms with Crippen LogP contribution in [0.4, 0.5) is 18.9 Å². The lowest BCUT2D eigenvalue weighted by atomic mass is 9.98. The van der Waals surface area contributed by atoms with Gasteiger partial charge in [-0.25, -0.2) is 8.42 Å². The van der Waals surface area contributed by atoms with Gasteiger partial charge in [-0.2, -0.15) is 17.5 Å². The Bertz CT molecular complexity index is 818. The van der Waals surface area contributed by atoms with Crippen LogP contribution in [0.15, 0.2) is 23.1 Å². The summed E-state index contributed by atoms with van der Waals surface area (Å²) in [5.41, 5.74) is 3.60. The van der Waals surface area contributed by atoms with Gasteiger partial charge in [0.05, 0.1) is 15.4 Å². The lowest BCUT2D eigenvalue weighted by Gasteiger charge is -2.21. The first-order chi connectivity index (χ1) is 11.5. The van der Waals surface area contributed by atoms with Gasteiger partial charge in [0.1, 0.15) is 0 Å². The molecule has 1 aromatic rings. The van der Waals surface area contributed by atoms with E-state index in [0.29, 0.717) is 6.07 Å². The summed E-state index contributed by atoms with van der Waals surface area (Å²) in [7, 11) is -4.43. The van der Waals surface area contributed by atoms with Gasteiger partial charge in [-0.3, -0.25) is 10.1 Å².